The molecule has 98 valence electrons. The Bertz CT molecular complexity index is 426. The summed E-state index contributed by atoms with van der Waals surface area (Å²) in [6.07, 6.45) is 5.12. The van der Waals surface area contributed by atoms with Gasteiger partial charge in [0.1, 0.15) is 11.4 Å². The van der Waals surface area contributed by atoms with Crippen LogP contribution in [0.5, 0.6) is 0 Å². The Morgan fingerprint density at radius 1 is 1.28 bits per heavy atom. The summed E-state index contributed by atoms with van der Waals surface area (Å²) in [6, 6.07) is 6.12. The first kappa shape index (κ1) is 14.7. The topological polar surface area (TPSA) is 20.2 Å². The first-order valence-electron chi connectivity index (χ1n) is 6.54. The largest absolute Gasteiger partial charge is 0.378 e. The molecule has 0 saturated heterocycles. The van der Waals surface area contributed by atoms with E-state index in [1.165, 1.54) is 25.0 Å². The minimum Gasteiger partial charge on any atom is -0.378 e. The summed E-state index contributed by atoms with van der Waals surface area (Å²) in [5, 5.41) is 10.1. The van der Waals surface area contributed by atoms with Crippen LogP contribution in [0.15, 0.2) is 24.3 Å². The van der Waals surface area contributed by atoms with Crippen LogP contribution < -0.4 is 0 Å². The molecule has 0 amide bonds. The average Bonchev–Trinajstić information content (AvgIpc) is 2.33. The highest BCUT2D eigenvalue weighted by atomic mass is 19.1. The predicted octanol–water partition coefficient (Wildman–Crippen LogP) is 3.90. The molecule has 0 fully saturated rings. The zero-order valence-electron chi connectivity index (χ0n) is 11.2. The van der Waals surface area contributed by atoms with Crippen molar-refractivity contribution >= 4 is 0 Å². The molecule has 0 heterocycles. The van der Waals surface area contributed by atoms with Crippen LogP contribution in [0.4, 0.5) is 4.39 Å². The molecular weight excluding hydrogens is 227 g/mol. The van der Waals surface area contributed by atoms with Crippen molar-refractivity contribution in [1.29, 1.82) is 0 Å². The van der Waals surface area contributed by atoms with E-state index in [0.29, 0.717) is 12.0 Å². The zero-order valence-corrected chi connectivity index (χ0v) is 11.2. The van der Waals surface area contributed by atoms with Crippen molar-refractivity contribution in [3.8, 4) is 11.8 Å². The molecule has 0 saturated carbocycles. The van der Waals surface area contributed by atoms with E-state index in [0.717, 1.165) is 12.8 Å². The van der Waals surface area contributed by atoms with Gasteiger partial charge in [-0.05, 0) is 38.0 Å². The van der Waals surface area contributed by atoms with Gasteiger partial charge < -0.3 is 5.11 Å². The average molecular weight is 248 g/mol. The van der Waals surface area contributed by atoms with E-state index in [4.69, 9.17) is 0 Å². The van der Waals surface area contributed by atoms with Crippen molar-refractivity contribution in [1.82, 2.24) is 0 Å². The van der Waals surface area contributed by atoms with E-state index < -0.39 is 5.60 Å². The number of aliphatic hydroxyl groups is 1. The Morgan fingerprint density at radius 3 is 2.72 bits per heavy atom. The highest BCUT2D eigenvalue weighted by Gasteiger charge is 2.15. The molecule has 0 aliphatic heterocycles. The number of hydrogen-bond donors (Lipinski definition) is 1. The molecule has 0 bridgehead atoms. The normalized spacial score (nSPS) is 13.6. The van der Waals surface area contributed by atoms with Crippen molar-refractivity contribution in [2.75, 3.05) is 0 Å². The maximum absolute atomic E-state index is 12.9. The predicted molar refractivity (Wildman–Crippen MR) is 72.7 cm³/mol. The lowest BCUT2D eigenvalue weighted by Crippen LogP contribution is -2.21. The molecule has 1 N–H and O–H groups in total. The zero-order chi connectivity index (χ0) is 13.4. The first-order valence-corrected chi connectivity index (χ1v) is 6.54. The smallest absolute Gasteiger partial charge is 0.124 e. The maximum Gasteiger partial charge on any atom is 0.124 e. The Morgan fingerprint density at radius 2 is 2.06 bits per heavy atom. The molecule has 0 aliphatic carbocycles. The Hall–Kier alpha value is -1.33. The summed E-state index contributed by atoms with van der Waals surface area (Å²) < 4.78 is 12.9. The first-order chi connectivity index (χ1) is 8.53. The third kappa shape index (κ3) is 5.84. The van der Waals surface area contributed by atoms with Gasteiger partial charge in [0.25, 0.3) is 0 Å². The van der Waals surface area contributed by atoms with Crippen LogP contribution in [0, 0.1) is 17.7 Å². The van der Waals surface area contributed by atoms with Crippen LogP contribution >= 0.6 is 0 Å². The van der Waals surface area contributed by atoms with E-state index in [-0.39, 0.29) is 5.82 Å². The van der Waals surface area contributed by atoms with Gasteiger partial charge >= 0.3 is 0 Å². The quantitative estimate of drug-likeness (QED) is 0.619. The summed E-state index contributed by atoms with van der Waals surface area (Å²) in [7, 11) is 0. The molecule has 1 unspecified atom stereocenters. The molecule has 1 rings (SSSR count). The van der Waals surface area contributed by atoms with Crippen LogP contribution in [0.2, 0.25) is 0 Å². The van der Waals surface area contributed by atoms with E-state index in [9.17, 15) is 9.50 Å². The van der Waals surface area contributed by atoms with Gasteiger partial charge in [-0.3, -0.25) is 0 Å². The second-order valence-electron chi connectivity index (χ2n) is 4.84. The Kier molecular flexibility index (Phi) is 5.88. The number of halogens is 1. The SMILES string of the molecule is CCCCCCC(C)(O)C#Cc1cccc(F)c1. The van der Waals surface area contributed by atoms with Gasteiger partial charge in [-0.25, -0.2) is 4.39 Å². The van der Waals surface area contributed by atoms with Gasteiger partial charge in [0.15, 0.2) is 0 Å². The van der Waals surface area contributed by atoms with E-state index >= 15 is 0 Å². The van der Waals surface area contributed by atoms with Crippen molar-refractivity contribution < 1.29 is 9.50 Å². The number of rotatable bonds is 5. The molecule has 0 spiro atoms. The lowest BCUT2D eigenvalue weighted by atomic mass is 9.98. The standard InChI is InChI=1S/C16H21FO/c1-3-4-5-6-11-16(2,18)12-10-14-8-7-9-15(17)13-14/h7-9,13,18H,3-6,11H2,1-2H3. The second-order valence-corrected chi connectivity index (χ2v) is 4.84. The molecule has 0 aromatic heterocycles. The molecular formula is C16H21FO. The van der Waals surface area contributed by atoms with Crippen LogP contribution in [0.25, 0.3) is 0 Å². The van der Waals surface area contributed by atoms with Gasteiger partial charge in [0.05, 0.1) is 0 Å². The minimum absolute atomic E-state index is 0.301. The summed E-state index contributed by atoms with van der Waals surface area (Å²) in [5.74, 6) is 5.34. The third-order valence-corrected chi connectivity index (χ3v) is 2.82. The van der Waals surface area contributed by atoms with Crippen molar-refractivity contribution in [2.45, 2.75) is 51.6 Å². The van der Waals surface area contributed by atoms with Gasteiger partial charge in [-0.15, -0.1) is 0 Å². The Balaban J connectivity index is 2.54. The number of hydrogen-bond acceptors (Lipinski definition) is 1. The van der Waals surface area contributed by atoms with E-state index in [2.05, 4.69) is 18.8 Å². The fourth-order valence-electron chi connectivity index (χ4n) is 1.73. The summed E-state index contributed by atoms with van der Waals surface area (Å²) in [4.78, 5) is 0. The molecule has 18 heavy (non-hydrogen) atoms. The van der Waals surface area contributed by atoms with E-state index in [1.54, 1.807) is 19.1 Å². The van der Waals surface area contributed by atoms with Crippen molar-refractivity contribution in [3.63, 3.8) is 0 Å². The van der Waals surface area contributed by atoms with Crippen LogP contribution in [-0.2, 0) is 0 Å². The molecule has 0 aliphatic rings. The van der Waals surface area contributed by atoms with Gasteiger partial charge in [-0.1, -0.05) is 44.1 Å². The highest BCUT2D eigenvalue weighted by Crippen LogP contribution is 2.14. The highest BCUT2D eigenvalue weighted by molar-refractivity contribution is 5.36. The second kappa shape index (κ2) is 7.18. The molecule has 2 heteroatoms. The fourth-order valence-corrected chi connectivity index (χ4v) is 1.73. The number of benzene rings is 1. The molecule has 1 aromatic rings. The van der Waals surface area contributed by atoms with Crippen molar-refractivity contribution in [2.24, 2.45) is 0 Å². The van der Waals surface area contributed by atoms with E-state index in [1.807, 2.05) is 0 Å². The Labute approximate surface area is 109 Å². The molecule has 0 radical (unpaired) electrons. The minimum atomic E-state index is -0.986. The summed E-state index contributed by atoms with van der Waals surface area (Å²) in [6.45, 7) is 3.87. The molecule has 1 nitrogen and oxygen atoms in total. The monoisotopic (exact) mass is 248 g/mol. The molecule has 1 atom stereocenters. The molecule has 1 aromatic carbocycles. The lowest BCUT2D eigenvalue weighted by molar-refractivity contribution is 0.109. The number of unbranched alkanes of at least 4 members (excludes halogenated alkanes) is 3. The van der Waals surface area contributed by atoms with Crippen LogP contribution in [0.1, 0.15) is 51.5 Å². The van der Waals surface area contributed by atoms with Gasteiger partial charge in [0.2, 0.25) is 0 Å². The van der Waals surface area contributed by atoms with Crippen LogP contribution in [0.3, 0.4) is 0 Å². The van der Waals surface area contributed by atoms with Gasteiger partial charge in [0, 0.05) is 5.56 Å². The maximum atomic E-state index is 12.9. The van der Waals surface area contributed by atoms with Crippen molar-refractivity contribution in [3.05, 3.63) is 35.6 Å². The third-order valence-electron chi connectivity index (χ3n) is 2.82. The summed E-state index contributed by atoms with van der Waals surface area (Å²) in [5.41, 5.74) is -0.385. The summed E-state index contributed by atoms with van der Waals surface area (Å²) >= 11 is 0. The lowest BCUT2D eigenvalue weighted by Gasteiger charge is -2.15. The van der Waals surface area contributed by atoms with Crippen LogP contribution in [-0.4, -0.2) is 10.7 Å². The van der Waals surface area contributed by atoms with Gasteiger partial charge in [-0.2, -0.15) is 0 Å². The fraction of sp³-hybridized carbons (Fsp3) is 0.500.